The van der Waals surface area contributed by atoms with Crippen molar-refractivity contribution in [3.05, 3.63) is 95.1 Å². The molecule has 0 aliphatic carbocycles. The molecule has 5 nitrogen and oxygen atoms in total. The minimum atomic E-state index is -0.928. The highest BCUT2D eigenvalue weighted by Gasteiger charge is 2.24. The molecule has 7 heteroatoms. The second kappa shape index (κ2) is 8.34. The number of thiophene rings is 1. The molecule has 1 unspecified atom stereocenters. The van der Waals surface area contributed by atoms with Gasteiger partial charge in [-0.05, 0) is 42.5 Å². The summed E-state index contributed by atoms with van der Waals surface area (Å²) in [6.45, 7) is 0. The van der Waals surface area contributed by atoms with E-state index < -0.39 is 6.10 Å². The summed E-state index contributed by atoms with van der Waals surface area (Å²) in [4.78, 5) is 13.7. The largest absolute Gasteiger partial charge is 0.475 e. The molecule has 0 saturated carbocycles. The van der Waals surface area contributed by atoms with E-state index in [0.29, 0.717) is 21.9 Å². The minimum absolute atomic E-state index is 0.0178. The number of amidine groups is 1. The van der Waals surface area contributed by atoms with Crippen molar-refractivity contribution >= 4 is 38.9 Å². The Balaban J connectivity index is 1.69. The molecule has 0 spiro atoms. The van der Waals surface area contributed by atoms with Crippen LogP contribution in [-0.4, -0.2) is 11.7 Å². The first-order valence-electron chi connectivity index (χ1n) is 9.16. The lowest BCUT2D eigenvalue weighted by atomic mass is 10.1. The van der Waals surface area contributed by atoms with Gasteiger partial charge in [0.1, 0.15) is 17.4 Å². The molecule has 3 aromatic carbocycles. The maximum atomic E-state index is 13.2. The lowest BCUT2D eigenvalue weighted by molar-refractivity contribution is -0.123. The monoisotopic (exact) mass is 419 g/mol. The van der Waals surface area contributed by atoms with Crippen molar-refractivity contribution in [2.75, 3.05) is 5.32 Å². The fraction of sp³-hybridized carbons (Fsp3) is 0.0435. The van der Waals surface area contributed by atoms with E-state index in [1.807, 2.05) is 42.5 Å². The van der Waals surface area contributed by atoms with Gasteiger partial charge in [0.15, 0.2) is 0 Å². The minimum Gasteiger partial charge on any atom is -0.475 e. The molecule has 0 bridgehead atoms. The standard InChI is InChI=1S/C23H18FN3O2S/c24-15-9-11-16(12-10-15)27-23(28)21(14-5-2-1-3-6-14)29-18-7-4-8-19-17(18)13-20(30-19)22(25)26/h1-13,21H,(H3,25,26)(H,27,28). The van der Waals surface area contributed by atoms with Crippen LogP contribution < -0.4 is 15.8 Å². The summed E-state index contributed by atoms with van der Waals surface area (Å²) in [6, 6.07) is 22.0. The molecule has 4 rings (SSSR count). The highest BCUT2D eigenvalue weighted by Crippen LogP contribution is 2.35. The summed E-state index contributed by atoms with van der Waals surface area (Å²) in [6.07, 6.45) is -0.928. The predicted molar refractivity (Wildman–Crippen MR) is 118 cm³/mol. The van der Waals surface area contributed by atoms with Crippen molar-refractivity contribution in [3.63, 3.8) is 0 Å². The van der Waals surface area contributed by atoms with E-state index in [0.717, 1.165) is 10.1 Å². The van der Waals surface area contributed by atoms with Crippen molar-refractivity contribution in [1.29, 1.82) is 5.41 Å². The van der Waals surface area contributed by atoms with Gasteiger partial charge in [0.05, 0.1) is 4.88 Å². The van der Waals surface area contributed by atoms with Gasteiger partial charge in [0, 0.05) is 21.3 Å². The molecule has 1 heterocycles. The van der Waals surface area contributed by atoms with Crippen LogP contribution in [0, 0.1) is 11.2 Å². The average Bonchev–Trinajstić information content (AvgIpc) is 3.20. The Bertz CT molecular complexity index is 1210. The Kier molecular flexibility index (Phi) is 5.45. The number of ether oxygens (including phenoxy) is 1. The zero-order valence-corrected chi connectivity index (χ0v) is 16.6. The number of carbonyl (C=O) groups excluding carboxylic acids is 1. The lowest BCUT2D eigenvalue weighted by Gasteiger charge is -2.20. The van der Waals surface area contributed by atoms with Crippen LogP contribution in [0.5, 0.6) is 5.75 Å². The average molecular weight is 419 g/mol. The lowest BCUT2D eigenvalue weighted by Crippen LogP contribution is -2.25. The van der Waals surface area contributed by atoms with Crippen LogP contribution in [0.1, 0.15) is 16.5 Å². The molecule has 1 atom stereocenters. The molecule has 4 aromatic rings. The fourth-order valence-corrected chi connectivity index (χ4v) is 3.98. The SMILES string of the molecule is N=C(N)c1cc2c(OC(C(=O)Nc3ccc(F)cc3)c3ccccc3)cccc2s1. The third-order valence-electron chi connectivity index (χ3n) is 4.48. The summed E-state index contributed by atoms with van der Waals surface area (Å²) < 4.78 is 20.3. The summed E-state index contributed by atoms with van der Waals surface area (Å²) in [5.74, 6) is -0.267. The third kappa shape index (κ3) is 4.16. The van der Waals surface area contributed by atoms with Crippen molar-refractivity contribution in [2.45, 2.75) is 6.10 Å². The molecular weight excluding hydrogens is 401 g/mol. The molecule has 30 heavy (non-hydrogen) atoms. The van der Waals surface area contributed by atoms with Crippen LogP contribution in [0.3, 0.4) is 0 Å². The molecule has 0 aliphatic heterocycles. The molecule has 0 saturated heterocycles. The Morgan fingerprint density at radius 1 is 1.03 bits per heavy atom. The van der Waals surface area contributed by atoms with Crippen LogP contribution >= 0.6 is 11.3 Å². The van der Waals surface area contributed by atoms with E-state index in [1.54, 1.807) is 12.1 Å². The molecule has 150 valence electrons. The van der Waals surface area contributed by atoms with Crippen molar-refractivity contribution < 1.29 is 13.9 Å². The topological polar surface area (TPSA) is 88.2 Å². The number of hydrogen-bond donors (Lipinski definition) is 3. The van der Waals surface area contributed by atoms with E-state index in [4.69, 9.17) is 15.9 Å². The van der Waals surface area contributed by atoms with E-state index in [2.05, 4.69) is 5.32 Å². The quantitative estimate of drug-likeness (QED) is 0.301. The maximum Gasteiger partial charge on any atom is 0.270 e. The summed E-state index contributed by atoms with van der Waals surface area (Å²) in [7, 11) is 0. The van der Waals surface area contributed by atoms with Crippen molar-refractivity contribution in [3.8, 4) is 5.75 Å². The molecule has 1 amide bonds. The number of amides is 1. The van der Waals surface area contributed by atoms with Gasteiger partial charge < -0.3 is 15.8 Å². The Morgan fingerprint density at radius 3 is 2.47 bits per heavy atom. The van der Waals surface area contributed by atoms with Crippen molar-refractivity contribution in [2.24, 2.45) is 5.73 Å². The first kappa shape index (κ1) is 19.6. The number of nitrogens with one attached hydrogen (secondary N) is 2. The third-order valence-corrected chi connectivity index (χ3v) is 5.62. The molecule has 0 aliphatic rings. The molecular formula is C23H18FN3O2S. The van der Waals surface area contributed by atoms with Gasteiger partial charge in [-0.1, -0.05) is 36.4 Å². The van der Waals surface area contributed by atoms with E-state index >= 15 is 0 Å². The van der Waals surface area contributed by atoms with Gasteiger partial charge in [-0.25, -0.2) is 4.39 Å². The van der Waals surface area contributed by atoms with Crippen molar-refractivity contribution in [1.82, 2.24) is 0 Å². The van der Waals surface area contributed by atoms with Crippen LogP contribution in [0.4, 0.5) is 10.1 Å². The maximum absolute atomic E-state index is 13.2. The number of rotatable bonds is 6. The number of benzene rings is 3. The number of anilines is 1. The van der Waals surface area contributed by atoms with E-state index in [1.165, 1.54) is 35.6 Å². The number of halogens is 1. The number of nitrogen functional groups attached to an aromatic ring is 1. The second-order valence-corrected chi connectivity index (χ2v) is 7.68. The molecule has 4 N–H and O–H groups in total. The van der Waals surface area contributed by atoms with E-state index in [-0.39, 0.29) is 17.6 Å². The summed E-state index contributed by atoms with van der Waals surface area (Å²) in [5.41, 5.74) is 6.77. The zero-order valence-electron chi connectivity index (χ0n) is 15.8. The van der Waals surface area contributed by atoms with Crippen LogP contribution in [0.15, 0.2) is 78.9 Å². The van der Waals surface area contributed by atoms with Crippen LogP contribution in [-0.2, 0) is 4.79 Å². The summed E-state index contributed by atoms with van der Waals surface area (Å²) >= 11 is 1.39. The highest BCUT2D eigenvalue weighted by atomic mass is 32.1. The number of fused-ring (bicyclic) bond motifs is 1. The van der Waals surface area contributed by atoms with Gasteiger partial charge in [-0.15, -0.1) is 11.3 Å². The van der Waals surface area contributed by atoms with Gasteiger partial charge in [0.2, 0.25) is 6.10 Å². The fourth-order valence-electron chi connectivity index (χ4n) is 3.04. The Hall–Kier alpha value is -3.71. The first-order valence-corrected chi connectivity index (χ1v) is 9.98. The highest BCUT2D eigenvalue weighted by molar-refractivity contribution is 7.20. The Labute approximate surface area is 176 Å². The number of carbonyl (C=O) groups is 1. The second-order valence-electron chi connectivity index (χ2n) is 6.60. The summed E-state index contributed by atoms with van der Waals surface area (Å²) in [5, 5.41) is 11.2. The smallest absolute Gasteiger partial charge is 0.270 e. The zero-order chi connectivity index (χ0) is 21.1. The molecule has 1 aromatic heterocycles. The van der Waals surface area contributed by atoms with Gasteiger partial charge in [-0.3, -0.25) is 10.2 Å². The van der Waals surface area contributed by atoms with Crippen LogP contribution in [0.25, 0.3) is 10.1 Å². The molecule has 0 fully saturated rings. The van der Waals surface area contributed by atoms with Gasteiger partial charge in [-0.2, -0.15) is 0 Å². The Morgan fingerprint density at radius 2 is 1.77 bits per heavy atom. The predicted octanol–water partition coefficient (Wildman–Crippen LogP) is 5.08. The van der Waals surface area contributed by atoms with Gasteiger partial charge >= 0.3 is 0 Å². The number of nitrogens with two attached hydrogens (primary N) is 1. The molecule has 0 radical (unpaired) electrons. The normalized spacial score (nSPS) is 11.8. The van der Waals surface area contributed by atoms with Gasteiger partial charge in [0.25, 0.3) is 5.91 Å². The number of hydrogen-bond acceptors (Lipinski definition) is 4. The van der Waals surface area contributed by atoms with Crippen LogP contribution in [0.2, 0.25) is 0 Å². The first-order chi connectivity index (χ1) is 14.5. The van der Waals surface area contributed by atoms with E-state index in [9.17, 15) is 9.18 Å².